The van der Waals surface area contributed by atoms with Crippen LogP contribution in [0.3, 0.4) is 0 Å². The molecule has 9 heteroatoms. The molecule has 0 N–H and O–H groups in total. The zero-order valence-corrected chi connectivity index (χ0v) is 14.2. The summed E-state index contributed by atoms with van der Waals surface area (Å²) >= 11 is 5.89. The number of nitrogens with zero attached hydrogens (tertiary/aromatic N) is 4. The molecule has 0 bridgehead atoms. The van der Waals surface area contributed by atoms with Crippen LogP contribution in [0.1, 0.15) is 11.8 Å². The highest BCUT2D eigenvalue weighted by molar-refractivity contribution is 7.89. The Bertz CT molecular complexity index is 785. The number of hydrogen-bond donors (Lipinski definition) is 0. The first kappa shape index (κ1) is 16.4. The van der Waals surface area contributed by atoms with Crippen molar-refractivity contribution in [2.45, 2.75) is 18.4 Å². The minimum absolute atomic E-state index is 0.228. The molecule has 0 radical (unpaired) electrons. The molecule has 0 amide bonds. The SMILES string of the molecule is Cc1nnc(CN2CCN(S(=O)(=O)c3cccc(Cl)c3)CC2)o1. The van der Waals surface area contributed by atoms with Gasteiger partial charge in [0.05, 0.1) is 11.4 Å². The maximum absolute atomic E-state index is 12.6. The molecular weight excluding hydrogens is 340 g/mol. The Morgan fingerprint density at radius 2 is 1.96 bits per heavy atom. The average molecular weight is 357 g/mol. The number of aryl methyl sites for hydroxylation is 1. The number of piperazine rings is 1. The van der Waals surface area contributed by atoms with Crippen LogP contribution in [0.4, 0.5) is 0 Å². The van der Waals surface area contributed by atoms with Gasteiger partial charge in [0.1, 0.15) is 0 Å². The lowest BCUT2D eigenvalue weighted by atomic mass is 10.3. The van der Waals surface area contributed by atoms with Crippen molar-refractivity contribution in [1.82, 2.24) is 19.4 Å². The molecule has 1 fully saturated rings. The summed E-state index contributed by atoms with van der Waals surface area (Å²) in [6.07, 6.45) is 0. The summed E-state index contributed by atoms with van der Waals surface area (Å²) in [5, 5.41) is 8.17. The van der Waals surface area contributed by atoms with Crippen LogP contribution in [0.15, 0.2) is 33.6 Å². The molecule has 1 saturated heterocycles. The van der Waals surface area contributed by atoms with Gasteiger partial charge in [-0.05, 0) is 18.2 Å². The lowest BCUT2D eigenvalue weighted by Crippen LogP contribution is -2.48. The molecule has 0 atom stereocenters. The third kappa shape index (κ3) is 3.72. The molecule has 3 rings (SSSR count). The molecule has 0 spiro atoms. The van der Waals surface area contributed by atoms with E-state index in [4.69, 9.17) is 16.0 Å². The minimum Gasteiger partial charge on any atom is -0.424 e. The number of rotatable bonds is 4. The molecule has 124 valence electrons. The first-order chi connectivity index (χ1) is 10.9. The third-order valence-electron chi connectivity index (χ3n) is 3.69. The first-order valence-corrected chi connectivity index (χ1v) is 9.04. The molecule has 1 aromatic heterocycles. The fourth-order valence-corrected chi connectivity index (χ4v) is 4.22. The maximum atomic E-state index is 12.6. The first-order valence-electron chi connectivity index (χ1n) is 7.22. The predicted molar refractivity (Wildman–Crippen MR) is 84.5 cm³/mol. The van der Waals surface area contributed by atoms with Gasteiger partial charge in [-0.1, -0.05) is 17.7 Å². The van der Waals surface area contributed by atoms with Gasteiger partial charge >= 0.3 is 0 Å². The van der Waals surface area contributed by atoms with Gasteiger partial charge in [-0.3, -0.25) is 4.90 Å². The number of sulfonamides is 1. The maximum Gasteiger partial charge on any atom is 0.243 e. The van der Waals surface area contributed by atoms with Crippen LogP contribution in [0.5, 0.6) is 0 Å². The predicted octanol–water partition coefficient (Wildman–Crippen LogP) is 1.54. The largest absolute Gasteiger partial charge is 0.424 e. The van der Waals surface area contributed by atoms with Gasteiger partial charge < -0.3 is 4.42 Å². The Labute approximate surface area is 139 Å². The van der Waals surface area contributed by atoms with Gasteiger partial charge in [-0.15, -0.1) is 10.2 Å². The number of aromatic nitrogens is 2. The smallest absolute Gasteiger partial charge is 0.243 e. The van der Waals surface area contributed by atoms with Crippen molar-refractivity contribution in [3.05, 3.63) is 41.1 Å². The molecule has 1 aromatic carbocycles. The van der Waals surface area contributed by atoms with Crippen molar-refractivity contribution in [2.24, 2.45) is 0 Å². The summed E-state index contributed by atoms with van der Waals surface area (Å²) in [6, 6.07) is 6.34. The van der Waals surface area contributed by atoms with Crippen molar-refractivity contribution < 1.29 is 12.8 Å². The van der Waals surface area contributed by atoms with Crippen molar-refractivity contribution in [3.63, 3.8) is 0 Å². The normalized spacial score (nSPS) is 17.5. The number of benzene rings is 1. The van der Waals surface area contributed by atoms with E-state index in [9.17, 15) is 8.42 Å². The van der Waals surface area contributed by atoms with Gasteiger partial charge in [0.15, 0.2) is 0 Å². The van der Waals surface area contributed by atoms with E-state index in [0.29, 0.717) is 49.5 Å². The molecule has 7 nitrogen and oxygen atoms in total. The van der Waals surface area contributed by atoms with E-state index in [0.717, 1.165) is 0 Å². The van der Waals surface area contributed by atoms with Crippen molar-refractivity contribution >= 4 is 21.6 Å². The minimum atomic E-state index is -3.51. The van der Waals surface area contributed by atoms with Crippen LogP contribution in [0.2, 0.25) is 5.02 Å². The van der Waals surface area contributed by atoms with E-state index in [1.807, 2.05) is 0 Å². The second-order valence-electron chi connectivity index (χ2n) is 5.35. The molecule has 2 aromatic rings. The molecule has 2 heterocycles. The van der Waals surface area contributed by atoms with E-state index < -0.39 is 10.0 Å². The summed E-state index contributed by atoms with van der Waals surface area (Å²) < 4.78 is 32.1. The molecular formula is C14H17ClN4O3S. The lowest BCUT2D eigenvalue weighted by molar-refractivity contribution is 0.167. The molecule has 1 aliphatic heterocycles. The Morgan fingerprint density at radius 1 is 1.22 bits per heavy atom. The molecule has 1 aliphatic rings. The Kier molecular flexibility index (Phi) is 4.67. The van der Waals surface area contributed by atoms with Gasteiger partial charge in [0.2, 0.25) is 21.8 Å². The van der Waals surface area contributed by atoms with Crippen molar-refractivity contribution in [2.75, 3.05) is 26.2 Å². The second-order valence-corrected chi connectivity index (χ2v) is 7.73. The monoisotopic (exact) mass is 356 g/mol. The number of halogens is 1. The van der Waals surface area contributed by atoms with E-state index >= 15 is 0 Å². The quantitative estimate of drug-likeness (QED) is 0.826. The van der Waals surface area contributed by atoms with Crippen molar-refractivity contribution in [3.8, 4) is 0 Å². The van der Waals surface area contributed by atoms with E-state index in [1.54, 1.807) is 25.1 Å². The highest BCUT2D eigenvalue weighted by atomic mass is 35.5. The fourth-order valence-electron chi connectivity index (χ4n) is 2.50. The van der Waals surface area contributed by atoms with Gasteiger partial charge in [-0.25, -0.2) is 8.42 Å². The topological polar surface area (TPSA) is 79.5 Å². The average Bonchev–Trinajstić information content (AvgIpc) is 2.93. The van der Waals surface area contributed by atoms with Crippen LogP contribution in [0, 0.1) is 6.92 Å². The third-order valence-corrected chi connectivity index (χ3v) is 5.82. The molecule has 0 aliphatic carbocycles. The molecule has 0 saturated carbocycles. The van der Waals surface area contributed by atoms with Crippen LogP contribution >= 0.6 is 11.6 Å². The number of hydrogen-bond acceptors (Lipinski definition) is 6. The van der Waals surface area contributed by atoms with E-state index in [-0.39, 0.29) is 4.90 Å². The van der Waals surface area contributed by atoms with Gasteiger partial charge in [0, 0.05) is 38.1 Å². The second kappa shape index (κ2) is 6.56. The molecule has 23 heavy (non-hydrogen) atoms. The van der Waals surface area contributed by atoms with Gasteiger partial charge in [0.25, 0.3) is 0 Å². The van der Waals surface area contributed by atoms with E-state index in [1.165, 1.54) is 10.4 Å². The van der Waals surface area contributed by atoms with Crippen LogP contribution in [-0.4, -0.2) is 54.0 Å². The zero-order chi connectivity index (χ0) is 16.4. The Morgan fingerprint density at radius 3 is 2.57 bits per heavy atom. The van der Waals surface area contributed by atoms with Gasteiger partial charge in [-0.2, -0.15) is 4.31 Å². The van der Waals surface area contributed by atoms with Crippen LogP contribution in [-0.2, 0) is 16.6 Å². The highest BCUT2D eigenvalue weighted by Crippen LogP contribution is 2.21. The molecule has 0 unspecified atom stereocenters. The zero-order valence-electron chi connectivity index (χ0n) is 12.6. The highest BCUT2D eigenvalue weighted by Gasteiger charge is 2.29. The Balaban J connectivity index is 1.64. The lowest BCUT2D eigenvalue weighted by Gasteiger charge is -2.33. The van der Waals surface area contributed by atoms with Crippen LogP contribution < -0.4 is 0 Å². The fraction of sp³-hybridized carbons (Fsp3) is 0.429. The summed E-state index contributed by atoms with van der Waals surface area (Å²) in [5.41, 5.74) is 0. The van der Waals surface area contributed by atoms with Crippen molar-refractivity contribution in [1.29, 1.82) is 0 Å². The summed E-state index contributed by atoms with van der Waals surface area (Å²) in [6.45, 7) is 4.34. The summed E-state index contributed by atoms with van der Waals surface area (Å²) in [7, 11) is -3.51. The van der Waals surface area contributed by atoms with E-state index in [2.05, 4.69) is 15.1 Å². The summed E-state index contributed by atoms with van der Waals surface area (Å²) in [5.74, 6) is 1.08. The summed E-state index contributed by atoms with van der Waals surface area (Å²) in [4.78, 5) is 2.32. The van der Waals surface area contributed by atoms with Crippen LogP contribution in [0.25, 0.3) is 0 Å². The Hall–Kier alpha value is -1.48. The standard InChI is InChI=1S/C14H17ClN4O3S/c1-11-16-17-14(22-11)10-18-5-7-19(8-6-18)23(20,21)13-4-2-3-12(15)9-13/h2-4,9H,5-8,10H2,1H3.